The smallest absolute Gasteiger partial charge is 0.156 e. The van der Waals surface area contributed by atoms with E-state index in [1.165, 1.54) is 5.57 Å². The van der Waals surface area contributed by atoms with Gasteiger partial charge in [0.05, 0.1) is 0 Å². The molecule has 0 unspecified atom stereocenters. The summed E-state index contributed by atoms with van der Waals surface area (Å²) in [6.45, 7) is 6.39. The number of allylic oxidation sites excluding steroid dienone is 6. The molecule has 0 N–H and O–H groups in total. The molecule has 0 heterocycles. The Kier molecular flexibility index (Phi) is 3.14. The van der Waals surface area contributed by atoms with Crippen molar-refractivity contribution in [3.05, 3.63) is 35.5 Å². The fraction of sp³-hybridized carbons (Fsp3) is 0.619. The van der Waals surface area contributed by atoms with Crippen LogP contribution in [0.2, 0.25) is 0 Å². The van der Waals surface area contributed by atoms with Crippen molar-refractivity contribution in [2.75, 3.05) is 0 Å². The van der Waals surface area contributed by atoms with Crippen LogP contribution in [-0.4, -0.2) is 11.6 Å². The third-order valence-corrected chi connectivity index (χ3v) is 7.48. The molecule has 0 radical (unpaired) electrons. The first-order chi connectivity index (χ1) is 10.9. The zero-order valence-electron chi connectivity index (χ0n) is 14.4. The van der Waals surface area contributed by atoms with E-state index in [1.807, 2.05) is 6.08 Å². The lowest BCUT2D eigenvalue weighted by Crippen LogP contribution is -2.48. The SMILES string of the molecule is CC(=O)C1=CC[C@H]2[C@@H]3C=CC4=CC(=O)CC[C@@]4(C)[C@H]3CC[C@]12C. The molecule has 0 aromatic carbocycles. The Morgan fingerprint density at radius 2 is 1.96 bits per heavy atom. The molecule has 2 heteroatoms. The molecule has 0 saturated heterocycles. The van der Waals surface area contributed by atoms with Crippen molar-refractivity contribution in [1.82, 2.24) is 0 Å². The minimum atomic E-state index is 0.0550. The van der Waals surface area contributed by atoms with Gasteiger partial charge in [-0.05, 0) is 78.4 Å². The van der Waals surface area contributed by atoms with Crippen molar-refractivity contribution in [3.63, 3.8) is 0 Å². The standard InChI is InChI=1S/C21H26O2/c1-13(22)17-6-7-18-16-5-4-14-12-15(23)8-10-20(14,2)19(16)9-11-21(17,18)3/h4-6,12,16,18-19H,7-11H2,1-3H3/t16-,18-,19-,20+,21+/m0/s1. The van der Waals surface area contributed by atoms with E-state index in [1.54, 1.807) is 6.92 Å². The molecule has 0 amide bonds. The van der Waals surface area contributed by atoms with Crippen LogP contribution in [0.1, 0.15) is 52.9 Å². The summed E-state index contributed by atoms with van der Waals surface area (Å²) in [5.74, 6) is 2.24. The molecule has 0 bridgehead atoms. The van der Waals surface area contributed by atoms with Crippen molar-refractivity contribution >= 4 is 11.6 Å². The van der Waals surface area contributed by atoms with Crippen LogP contribution in [-0.2, 0) is 9.59 Å². The summed E-state index contributed by atoms with van der Waals surface area (Å²) in [6.07, 6.45) is 13.6. The molecule has 0 spiro atoms. The molecule has 4 aliphatic carbocycles. The number of hydrogen-bond donors (Lipinski definition) is 0. The molecule has 0 aromatic heterocycles. The molecular formula is C21H26O2. The molecule has 122 valence electrons. The van der Waals surface area contributed by atoms with Crippen LogP contribution in [0.15, 0.2) is 35.5 Å². The molecule has 5 atom stereocenters. The van der Waals surface area contributed by atoms with Gasteiger partial charge in [-0.3, -0.25) is 9.59 Å². The molecule has 4 rings (SSSR count). The summed E-state index contributed by atoms with van der Waals surface area (Å²) < 4.78 is 0. The average Bonchev–Trinajstić information content (AvgIpc) is 2.85. The zero-order valence-corrected chi connectivity index (χ0v) is 14.4. The topological polar surface area (TPSA) is 34.1 Å². The Bertz CT molecular complexity index is 680. The van der Waals surface area contributed by atoms with Gasteiger partial charge in [0.15, 0.2) is 11.6 Å². The summed E-state index contributed by atoms with van der Waals surface area (Å²) in [7, 11) is 0. The molecule has 1 fully saturated rings. The summed E-state index contributed by atoms with van der Waals surface area (Å²) >= 11 is 0. The van der Waals surface area contributed by atoms with Crippen LogP contribution >= 0.6 is 0 Å². The number of rotatable bonds is 1. The number of hydrogen-bond acceptors (Lipinski definition) is 2. The number of fused-ring (bicyclic) bond motifs is 5. The maximum atomic E-state index is 12.1. The number of carbonyl (C=O) groups is 2. The Labute approximate surface area is 138 Å². The van der Waals surface area contributed by atoms with Gasteiger partial charge in [-0.2, -0.15) is 0 Å². The molecule has 23 heavy (non-hydrogen) atoms. The van der Waals surface area contributed by atoms with Gasteiger partial charge in [0.1, 0.15) is 0 Å². The number of carbonyl (C=O) groups excluding carboxylic acids is 2. The van der Waals surface area contributed by atoms with E-state index in [0.29, 0.717) is 24.2 Å². The predicted octanol–water partition coefficient (Wildman–Crippen LogP) is 4.42. The van der Waals surface area contributed by atoms with Crippen LogP contribution in [0.25, 0.3) is 0 Å². The summed E-state index contributed by atoms with van der Waals surface area (Å²) in [4.78, 5) is 23.9. The Hall–Kier alpha value is -1.44. The molecule has 0 aromatic rings. The van der Waals surface area contributed by atoms with Crippen molar-refractivity contribution in [2.24, 2.45) is 28.6 Å². The van der Waals surface area contributed by atoms with Crippen molar-refractivity contribution in [2.45, 2.75) is 52.9 Å². The first-order valence-corrected chi connectivity index (χ1v) is 9.01. The van der Waals surface area contributed by atoms with Crippen molar-refractivity contribution in [3.8, 4) is 0 Å². The molecule has 1 saturated carbocycles. The fourth-order valence-corrected chi connectivity index (χ4v) is 6.12. The summed E-state index contributed by atoms with van der Waals surface area (Å²) in [5.41, 5.74) is 2.52. The van der Waals surface area contributed by atoms with Gasteiger partial charge < -0.3 is 0 Å². The van der Waals surface area contributed by atoms with Gasteiger partial charge in [-0.15, -0.1) is 0 Å². The largest absolute Gasteiger partial charge is 0.295 e. The highest BCUT2D eigenvalue weighted by Crippen LogP contribution is 2.63. The van der Waals surface area contributed by atoms with Crippen LogP contribution in [0.5, 0.6) is 0 Å². The molecule has 4 aliphatic rings. The highest BCUT2D eigenvalue weighted by atomic mass is 16.1. The second kappa shape index (κ2) is 4.78. The predicted molar refractivity (Wildman–Crippen MR) is 90.8 cm³/mol. The van der Waals surface area contributed by atoms with E-state index in [0.717, 1.165) is 31.3 Å². The number of ketones is 2. The second-order valence-electron chi connectivity index (χ2n) is 8.50. The lowest BCUT2D eigenvalue weighted by molar-refractivity contribution is -0.117. The van der Waals surface area contributed by atoms with Crippen LogP contribution < -0.4 is 0 Å². The lowest BCUT2D eigenvalue weighted by Gasteiger charge is -2.55. The maximum Gasteiger partial charge on any atom is 0.156 e. The minimum Gasteiger partial charge on any atom is -0.295 e. The van der Waals surface area contributed by atoms with E-state index in [4.69, 9.17) is 0 Å². The highest BCUT2D eigenvalue weighted by Gasteiger charge is 2.56. The second-order valence-corrected chi connectivity index (χ2v) is 8.50. The van der Waals surface area contributed by atoms with E-state index in [2.05, 4.69) is 32.1 Å². The van der Waals surface area contributed by atoms with E-state index >= 15 is 0 Å². The van der Waals surface area contributed by atoms with E-state index < -0.39 is 0 Å². The Morgan fingerprint density at radius 3 is 2.70 bits per heavy atom. The monoisotopic (exact) mass is 310 g/mol. The van der Waals surface area contributed by atoms with E-state index in [9.17, 15) is 9.59 Å². The molecule has 0 aliphatic heterocycles. The van der Waals surface area contributed by atoms with Crippen LogP contribution in [0.4, 0.5) is 0 Å². The van der Waals surface area contributed by atoms with Gasteiger partial charge in [-0.25, -0.2) is 0 Å². The number of Topliss-reactive ketones (excluding diaryl/α,β-unsaturated/α-hetero) is 1. The van der Waals surface area contributed by atoms with Crippen molar-refractivity contribution < 1.29 is 9.59 Å². The first-order valence-electron chi connectivity index (χ1n) is 9.01. The summed E-state index contributed by atoms with van der Waals surface area (Å²) in [5, 5.41) is 0. The van der Waals surface area contributed by atoms with Crippen molar-refractivity contribution in [1.29, 1.82) is 0 Å². The highest BCUT2D eigenvalue weighted by molar-refractivity contribution is 5.95. The van der Waals surface area contributed by atoms with Gasteiger partial charge in [0.25, 0.3) is 0 Å². The zero-order chi connectivity index (χ0) is 16.4. The van der Waals surface area contributed by atoms with Crippen LogP contribution in [0.3, 0.4) is 0 Å². The maximum absolute atomic E-state index is 12.1. The van der Waals surface area contributed by atoms with E-state index in [-0.39, 0.29) is 22.4 Å². The Balaban J connectivity index is 1.73. The quantitative estimate of drug-likeness (QED) is 0.718. The van der Waals surface area contributed by atoms with Gasteiger partial charge in [0.2, 0.25) is 0 Å². The third-order valence-electron chi connectivity index (χ3n) is 7.48. The van der Waals surface area contributed by atoms with Gasteiger partial charge in [0, 0.05) is 6.42 Å². The Morgan fingerprint density at radius 1 is 1.17 bits per heavy atom. The fourth-order valence-electron chi connectivity index (χ4n) is 6.12. The first kappa shape index (κ1) is 15.1. The average molecular weight is 310 g/mol. The lowest BCUT2D eigenvalue weighted by atomic mass is 9.48. The third kappa shape index (κ3) is 1.93. The summed E-state index contributed by atoms with van der Waals surface area (Å²) in [6, 6.07) is 0. The normalized spacial score (nSPS) is 44.8. The van der Waals surface area contributed by atoms with Gasteiger partial charge >= 0.3 is 0 Å². The van der Waals surface area contributed by atoms with Crippen LogP contribution in [0, 0.1) is 28.6 Å². The van der Waals surface area contributed by atoms with Gasteiger partial charge in [-0.1, -0.05) is 32.1 Å². The molecular weight excluding hydrogens is 284 g/mol. The molecule has 2 nitrogen and oxygen atoms in total. The minimum absolute atomic E-state index is 0.0550.